The number of ether oxygens (including phenoxy) is 2. The highest BCUT2D eigenvalue weighted by atomic mass is 16.6. The van der Waals surface area contributed by atoms with Crippen LogP contribution in [0.4, 0.5) is 4.79 Å². The molecule has 0 radical (unpaired) electrons. The van der Waals surface area contributed by atoms with Gasteiger partial charge in [-0.25, -0.2) is 4.79 Å². The van der Waals surface area contributed by atoms with Gasteiger partial charge in [0.2, 0.25) is 5.91 Å². The maximum absolute atomic E-state index is 12.1. The smallest absolute Gasteiger partial charge is 0.407 e. The molecule has 0 bridgehead atoms. The van der Waals surface area contributed by atoms with Gasteiger partial charge < -0.3 is 20.1 Å². The number of nitrogens with one attached hydrogen (secondary N) is 2. The van der Waals surface area contributed by atoms with Crippen molar-refractivity contribution in [2.75, 3.05) is 13.7 Å². The molecule has 25 heavy (non-hydrogen) atoms. The number of carbonyl (C=O) groups excluding carboxylic acids is 2. The topological polar surface area (TPSA) is 76.7 Å². The first kappa shape index (κ1) is 20.8. The van der Waals surface area contributed by atoms with E-state index in [1.807, 2.05) is 52.0 Å². The Kier molecular flexibility index (Phi) is 8.25. The molecule has 0 heterocycles. The SMILES string of the molecule is CC[C@H](NC(=O)CCCNC(=O)OC(C)(C)C)c1ccc(OC)cc1. The fraction of sp³-hybridized carbons (Fsp3) is 0.579. The average Bonchev–Trinajstić information content (AvgIpc) is 2.55. The number of amides is 2. The lowest BCUT2D eigenvalue weighted by atomic mass is 10.0. The van der Waals surface area contributed by atoms with E-state index in [-0.39, 0.29) is 11.9 Å². The third-order valence-corrected chi connectivity index (χ3v) is 3.51. The Morgan fingerprint density at radius 1 is 1.16 bits per heavy atom. The predicted octanol–water partition coefficient (Wildman–Crippen LogP) is 3.57. The van der Waals surface area contributed by atoms with E-state index in [0.29, 0.717) is 19.4 Å². The van der Waals surface area contributed by atoms with Gasteiger partial charge in [-0.2, -0.15) is 0 Å². The molecule has 1 aromatic carbocycles. The molecule has 0 unspecified atom stereocenters. The summed E-state index contributed by atoms with van der Waals surface area (Å²) in [5.74, 6) is 0.756. The van der Waals surface area contributed by atoms with E-state index in [4.69, 9.17) is 9.47 Å². The van der Waals surface area contributed by atoms with Crippen LogP contribution in [0.1, 0.15) is 58.6 Å². The summed E-state index contributed by atoms with van der Waals surface area (Å²) in [6.07, 6.45) is 1.25. The van der Waals surface area contributed by atoms with Crippen molar-refractivity contribution in [1.82, 2.24) is 10.6 Å². The molecule has 1 atom stereocenters. The Hall–Kier alpha value is -2.24. The molecule has 0 aliphatic heterocycles. The van der Waals surface area contributed by atoms with Gasteiger partial charge in [-0.3, -0.25) is 4.79 Å². The van der Waals surface area contributed by atoms with Crippen LogP contribution in [-0.2, 0) is 9.53 Å². The summed E-state index contributed by atoms with van der Waals surface area (Å²) in [7, 11) is 1.62. The summed E-state index contributed by atoms with van der Waals surface area (Å²) in [4.78, 5) is 23.6. The Bertz CT molecular complexity index is 550. The monoisotopic (exact) mass is 350 g/mol. The van der Waals surface area contributed by atoms with Gasteiger partial charge in [-0.15, -0.1) is 0 Å². The van der Waals surface area contributed by atoms with E-state index < -0.39 is 11.7 Å². The van der Waals surface area contributed by atoms with E-state index in [1.165, 1.54) is 0 Å². The third kappa shape index (κ3) is 8.42. The summed E-state index contributed by atoms with van der Waals surface area (Å²) < 4.78 is 10.3. The number of benzene rings is 1. The Balaban J connectivity index is 2.35. The predicted molar refractivity (Wildman–Crippen MR) is 97.6 cm³/mol. The van der Waals surface area contributed by atoms with E-state index in [1.54, 1.807) is 7.11 Å². The second-order valence-electron chi connectivity index (χ2n) is 6.83. The van der Waals surface area contributed by atoms with Crippen molar-refractivity contribution in [2.24, 2.45) is 0 Å². The van der Waals surface area contributed by atoms with Crippen LogP contribution in [-0.4, -0.2) is 31.3 Å². The molecule has 0 spiro atoms. The Labute approximate surface area is 150 Å². The second-order valence-corrected chi connectivity index (χ2v) is 6.83. The number of hydrogen-bond donors (Lipinski definition) is 2. The number of rotatable bonds is 8. The number of carbonyl (C=O) groups is 2. The summed E-state index contributed by atoms with van der Waals surface area (Å²) in [5.41, 5.74) is 0.525. The third-order valence-electron chi connectivity index (χ3n) is 3.51. The number of methoxy groups -OCH3 is 1. The standard InChI is InChI=1S/C19H30N2O4/c1-6-16(14-9-11-15(24-5)12-10-14)21-17(22)8-7-13-20-18(23)25-19(2,3)4/h9-12,16H,6-8,13H2,1-5H3,(H,20,23)(H,21,22)/t16-/m0/s1. The van der Waals surface area contributed by atoms with Gasteiger partial charge >= 0.3 is 6.09 Å². The van der Waals surface area contributed by atoms with Gasteiger partial charge in [0.15, 0.2) is 0 Å². The quantitative estimate of drug-likeness (QED) is 0.703. The molecule has 0 saturated heterocycles. The molecule has 1 rings (SSSR count). The van der Waals surface area contributed by atoms with Crippen LogP contribution in [0, 0.1) is 0 Å². The minimum absolute atomic E-state index is 0.0304. The van der Waals surface area contributed by atoms with Crippen molar-refractivity contribution in [3.05, 3.63) is 29.8 Å². The van der Waals surface area contributed by atoms with Crippen molar-refractivity contribution in [3.63, 3.8) is 0 Å². The lowest BCUT2D eigenvalue weighted by Gasteiger charge is -2.20. The normalized spacial score (nSPS) is 12.2. The first-order valence-corrected chi connectivity index (χ1v) is 8.65. The van der Waals surface area contributed by atoms with E-state index in [2.05, 4.69) is 10.6 Å². The van der Waals surface area contributed by atoms with Crippen LogP contribution in [0.5, 0.6) is 5.75 Å². The first-order chi connectivity index (χ1) is 11.7. The largest absolute Gasteiger partial charge is 0.497 e. The minimum Gasteiger partial charge on any atom is -0.497 e. The molecule has 0 aliphatic rings. The van der Waals surface area contributed by atoms with Crippen molar-refractivity contribution in [2.45, 2.75) is 58.6 Å². The molecule has 0 aliphatic carbocycles. The van der Waals surface area contributed by atoms with Crippen LogP contribution in [0.15, 0.2) is 24.3 Å². The van der Waals surface area contributed by atoms with Crippen molar-refractivity contribution < 1.29 is 19.1 Å². The van der Waals surface area contributed by atoms with Crippen LogP contribution < -0.4 is 15.4 Å². The van der Waals surface area contributed by atoms with Gasteiger partial charge in [0.25, 0.3) is 0 Å². The molecule has 0 aromatic heterocycles. The maximum atomic E-state index is 12.1. The van der Waals surface area contributed by atoms with Crippen molar-refractivity contribution >= 4 is 12.0 Å². The lowest BCUT2D eigenvalue weighted by molar-refractivity contribution is -0.122. The molecule has 2 N–H and O–H groups in total. The fourth-order valence-electron chi connectivity index (χ4n) is 2.28. The van der Waals surface area contributed by atoms with Crippen LogP contribution in [0.2, 0.25) is 0 Å². The molecule has 1 aromatic rings. The summed E-state index contributed by atoms with van der Waals surface area (Å²) in [6, 6.07) is 7.65. The van der Waals surface area contributed by atoms with Crippen molar-refractivity contribution in [3.8, 4) is 5.75 Å². The van der Waals surface area contributed by atoms with Crippen molar-refractivity contribution in [1.29, 1.82) is 0 Å². The molecule has 6 heteroatoms. The zero-order chi connectivity index (χ0) is 18.9. The second kappa shape index (κ2) is 9.91. The minimum atomic E-state index is -0.520. The van der Waals surface area contributed by atoms with E-state index in [9.17, 15) is 9.59 Å². The van der Waals surface area contributed by atoms with Crippen LogP contribution in [0.3, 0.4) is 0 Å². The highest BCUT2D eigenvalue weighted by Gasteiger charge is 2.16. The molecule has 0 fully saturated rings. The number of alkyl carbamates (subject to hydrolysis) is 1. The van der Waals surface area contributed by atoms with Gasteiger partial charge in [-0.1, -0.05) is 19.1 Å². The molecule has 0 saturated carbocycles. The van der Waals surface area contributed by atoms with Crippen LogP contribution >= 0.6 is 0 Å². The summed E-state index contributed by atoms with van der Waals surface area (Å²) in [6.45, 7) is 7.86. The molecular formula is C19H30N2O4. The van der Waals surface area contributed by atoms with Crippen LogP contribution in [0.25, 0.3) is 0 Å². The average molecular weight is 350 g/mol. The van der Waals surface area contributed by atoms with E-state index >= 15 is 0 Å². The molecular weight excluding hydrogens is 320 g/mol. The fourth-order valence-corrected chi connectivity index (χ4v) is 2.28. The van der Waals surface area contributed by atoms with E-state index in [0.717, 1.165) is 17.7 Å². The summed E-state index contributed by atoms with van der Waals surface area (Å²) >= 11 is 0. The Morgan fingerprint density at radius 2 is 1.80 bits per heavy atom. The Morgan fingerprint density at radius 3 is 2.32 bits per heavy atom. The molecule has 2 amide bonds. The zero-order valence-corrected chi connectivity index (χ0v) is 15.8. The highest BCUT2D eigenvalue weighted by Crippen LogP contribution is 2.20. The van der Waals surface area contributed by atoms with Gasteiger partial charge in [-0.05, 0) is 51.3 Å². The molecule has 6 nitrogen and oxygen atoms in total. The zero-order valence-electron chi connectivity index (χ0n) is 15.8. The number of hydrogen-bond acceptors (Lipinski definition) is 4. The van der Waals surface area contributed by atoms with Gasteiger partial charge in [0.05, 0.1) is 13.2 Å². The molecule has 140 valence electrons. The lowest BCUT2D eigenvalue weighted by Crippen LogP contribution is -2.34. The maximum Gasteiger partial charge on any atom is 0.407 e. The van der Waals surface area contributed by atoms with Gasteiger partial charge in [0.1, 0.15) is 11.4 Å². The summed E-state index contributed by atoms with van der Waals surface area (Å²) in [5, 5.41) is 5.67. The highest BCUT2D eigenvalue weighted by molar-refractivity contribution is 5.76. The van der Waals surface area contributed by atoms with Gasteiger partial charge in [0, 0.05) is 13.0 Å². The first-order valence-electron chi connectivity index (χ1n) is 8.65.